The molecule has 3 rings (SSSR count). The molecule has 0 aliphatic carbocycles. The molecule has 1 aromatic carbocycles. The molecule has 0 aliphatic rings. The zero-order valence-corrected chi connectivity index (χ0v) is 16.0. The van der Waals surface area contributed by atoms with Gasteiger partial charge < -0.3 is 19.8 Å². The van der Waals surface area contributed by atoms with Crippen LogP contribution in [-0.4, -0.2) is 29.4 Å². The average molecular weight is 414 g/mol. The number of nitrogens with zero attached hydrogens (tertiary/aromatic N) is 1. The van der Waals surface area contributed by atoms with Crippen molar-refractivity contribution in [2.45, 2.75) is 6.92 Å². The van der Waals surface area contributed by atoms with Crippen molar-refractivity contribution in [2.24, 2.45) is 0 Å². The number of ether oxygens (including phenoxy) is 1. The van der Waals surface area contributed by atoms with E-state index < -0.39 is 24.4 Å². The number of nitrogens with one attached hydrogen (secondary N) is 2. The highest BCUT2D eigenvalue weighted by Crippen LogP contribution is 2.19. The SMILES string of the molecule is Cc1ccc(C(=O)OCC(=O)Nc2ccc(Cl)cn2)cc1NC(=O)c1ccco1. The van der Waals surface area contributed by atoms with Crippen molar-refractivity contribution in [1.29, 1.82) is 0 Å². The van der Waals surface area contributed by atoms with E-state index in [0.29, 0.717) is 10.7 Å². The molecule has 0 saturated carbocycles. The Balaban J connectivity index is 1.59. The van der Waals surface area contributed by atoms with Crippen molar-refractivity contribution in [1.82, 2.24) is 4.98 Å². The van der Waals surface area contributed by atoms with Gasteiger partial charge in [0.05, 0.1) is 16.8 Å². The van der Waals surface area contributed by atoms with Crippen LogP contribution in [0.25, 0.3) is 0 Å². The molecule has 0 radical (unpaired) electrons. The van der Waals surface area contributed by atoms with Crippen LogP contribution < -0.4 is 10.6 Å². The quantitative estimate of drug-likeness (QED) is 0.596. The van der Waals surface area contributed by atoms with Crippen molar-refractivity contribution < 1.29 is 23.5 Å². The Hall–Kier alpha value is -3.65. The third-order valence-electron chi connectivity index (χ3n) is 3.80. The van der Waals surface area contributed by atoms with E-state index in [1.807, 2.05) is 0 Å². The molecule has 2 aromatic heterocycles. The molecule has 2 amide bonds. The first-order chi connectivity index (χ1) is 13.9. The number of carbonyl (C=O) groups is 3. The van der Waals surface area contributed by atoms with Gasteiger partial charge in [0, 0.05) is 11.9 Å². The number of rotatable bonds is 6. The van der Waals surface area contributed by atoms with Crippen LogP contribution in [0.3, 0.4) is 0 Å². The van der Waals surface area contributed by atoms with Gasteiger partial charge in [-0.15, -0.1) is 0 Å². The summed E-state index contributed by atoms with van der Waals surface area (Å²) in [7, 11) is 0. The van der Waals surface area contributed by atoms with Gasteiger partial charge in [0.25, 0.3) is 11.8 Å². The van der Waals surface area contributed by atoms with Crippen molar-refractivity contribution in [2.75, 3.05) is 17.2 Å². The van der Waals surface area contributed by atoms with Crippen LogP contribution in [0.15, 0.2) is 59.3 Å². The molecule has 0 unspecified atom stereocenters. The number of anilines is 2. The maximum Gasteiger partial charge on any atom is 0.338 e. The number of aryl methyl sites for hydroxylation is 1. The summed E-state index contributed by atoms with van der Waals surface area (Å²) in [6.07, 6.45) is 2.77. The highest BCUT2D eigenvalue weighted by molar-refractivity contribution is 6.30. The number of amides is 2. The Morgan fingerprint density at radius 1 is 1.14 bits per heavy atom. The van der Waals surface area contributed by atoms with Gasteiger partial charge in [-0.2, -0.15) is 0 Å². The Kier molecular flexibility index (Phi) is 6.25. The Labute approximate surface area is 170 Å². The predicted octanol–water partition coefficient (Wildman–Crippen LogP) is 3.68. The minimum Gasteiger partial charge on any atom is -0.459 e. The molecule has 29 heavy (non-hydrogen) atoms. The maximum absolute atomic E-state index is 12.3. The van der Waals surface area contributed by atoms with Crippen molar-refractivity contribution >= 4 is 40.9 Å². The lowest BCUT2D eigenvalue weighted by atomic mass is 10.1. The molecular formula is C20H16ClN3O5. The zero-order chi connectivity index (χ0) is 20.8. The summed E-state index contributed by atoms with van der Waals surface area (Å²) in [5.74, 6) is -1.28. The molecule has 0 aliphatic heterocycles. The van der Waals surface area contributed by atoms with E-state index in [9.17, 15) is 14.4 Å². The normalized spacial score (nSPS) is 10.3. The van der Waals surface area contributed by atoms with E-state index in [1.165, 1.54) is 30.7 Å². The largest absolute Gasteiger partial charge is 0.459 e. The number of halogens is 1. The third-order valence-corrected chi connectivity index (χ3v) is 4.02. The lowest BCUT2D eigenvalue weighted by molar-refractivity contribution is -0.119. The molecule has 0 fully saturated rings. The van der Waals surface area contributed by atoms with Gasteiger partial charge in [0.2, 0.25) is 0 Å². The zero-order valence-electron chi connectivity index (χ0n) is 15.3. The maximum atomic E-state index is 12.3. The molecule has 2 N–H and O–H groups in total. The molecular weight excluding hydrogens is 398 g/mol. The van der Waals surface area contributed by atoms with Crippen molar-refractivity contribution in [3.63, 3.8) is 0 Å². The van der Waals surface area contributed by atoms with Crippen LogP contribution in [0.2, 0.25) is 5.02 Å². The standard InChI is InChI=1S/C20H16ClN3O5/c1-12-4-5-13(9-15(12)23-19(26)16-3-2-8-28-16)20(27)29-11-18(25)24-17-7-6-14(21)10-22-17/h2-10H,11H2,1H3,(H,23,26)(H,22,24,25). The number of aromatic nitrogens is 1. The summed E-state index contributed by atoms with van der Waals surface area (Å²) in [6, 6.07) is 10.9. The highest BCUT2D eigenvalue weighted by Gasteiger charge is 2.15. The van der Waals surface area contributed by atoms with Gasteiger partial charge in [-0.05, 0) is 48.9 Å². The van der Waals surface area contributed by atoms with Crippen LogP contribution in [0.5, 0.6) is 0 Å². The second kappa shape index (κ2) is 9.03. The molecule has 148 valence electrons. The first kappa shape index (κ1) is 20.1. The number of esters is 1. The fourth-order valence-electron chi connectivity index (χ4n) is 2.32. The summed E-state index contributed by atoms with van der Waals surface area (Å²) in [4.78, 5) is 40.2. The highest BCUT2D eigenvalue weighted by atomic mass is 35.5. The van der Waals surface area contributed by atoms with Crippen molar-refractivity contribution in [3.8, 4) is 0 Å². The topological polar surface area (TPSA) is 111 Å². The summed E-state index contributed by atoms with van der Waals surface area (Å²) >= 11 is 5.73. The Morgan fingerprint density at radius 3 is 2.66 bits per heavy atom. The summed E-state index contributed by atoms with van der Waals surface area (Å²) in [5.41, 5.74) is 1.35. The third kappa shape index (κ3) is 5.43. The predicted molar refractivity (Wildman–Crippen MR) is 106 cm³/mol. The van der Waals surface area contributed by atoms with Gasteiger partial charge in [-0.3, -0.25) is 9.59 Å². The van der Waals surface area contributed by atoms with Gasteiger partial charge >= 0.3 is 5.97 Å². The fourth-order valence-corrected chi connectivity index (χ4v) is 2.43. The second-order valence-corrected chi connectivity index (χ2v) is 6.38. The van der Waals surface area contributed by atoms with Crippen LogP contribution in [0.4, 0.5) is 11.5 Å². The second-order valence-electron chi connectivity index (χ2n) is 5.95. The van der Waals surface area contributed by atoms with Crippen LogP contribution in [0.1, 0.15) is 26.5 Å². The first-order valence-electron chi connectivity index (χ1n) is 8.46. The number of hydrogen-bond donors (Lipinski definition) is 2. The van der Waals surface area contributed by atoms with Crippen molar-refractivity contribution in [3.05, 3.63) is 76.8 Å². The Bertz CT molecular complexity index is 1030. The molecule has 8 nitrogen and oxygen atoms in total. The average Bonchev–Trinajstić information content (AvgIpc) is 3.24. The minimum atomic E-state index is -0.710. The van der Waals surface area contributed by atoms with E-state index in [2.05, 4.69) is 15.6 Å². The molecule has 0 bridgehead atoms. The van der Waals surface area contributed by atoms with Gasteiger partial charge in [-0.1, -0.05) is 17.7 Å². The van der Waals surface area contributed by atoms with Gasteiger partial charge in [0.15, 0.2) is 12.4 Å². The van der Waals surface area contributed by atoms with Gasteiger partial charge in [-0.25, -0.2) is 9.78 Å². The Morgan fingerprint density at radius 2 is 1.97 bits per heavy atom. The number of benzene rings is 1. The molecule has 0 saturated heterocycles. The summed E-state index contributed by atoms with van der Waals surface area (Å²) in [5, 5.41) is 5.59. The molecule has 9 heteroatoms. The van der Waals surface area contributed by atoms with E-state index >= 15 is 0 Å². The fraction of sp³-hybridized carbons (Fsp3) is 0.100. The van der Waals surface area contributed by atoms with Crippen LogP contribution in [-0.2, 0) is 9.53 Å². The minimum absolute atomic E-state index is 0.143. The molecule has 3 aromatic rings. The smallest absolute Gasteiger partial charge is 0.338 e. The summed E-state index contributed by atoms with van der Waals surface area (Å²) < 4.78 is 10.1. The number of pyridine rings is 1. The van der Waals surface area contributed by atoms with Gasteiger partial charge in [0.1, 0.15) is 5.82 Å². The van der Waals surface area contributed by atoms with Crippen LogP contribution >= 0.6 is 11.6 Å². The monoisotopic (exact) mass is 413 g/mol. The summed E-state index contributed by atoms with van der Waals surface area (Å²) in [6.45, 7) is 1.28. The van der Waals surface area contributed by atoms with E-state index in [4.69, 9.17) is 20.8 Å². The first-order valence-corrected chi connectivity index (χ1v) is 8.84. The number of hydrogen-bond acceptors (Lipinski definition) is 6. The molecule has 2 heterocycles. The lowest BCUT2D eigenvalue weighted by Gasteiger charge is -2.10. The molecule has 0 spiro atoms. The molecule has 0 atom stereocenters. The van der Waals surface area contributed by atoms with E-state index in [-0.39, 0.29) is 17.1 Å². The van der Waals surface area contributed by atoms with E-state index in [0.717, 1.165) is 5.56 Å². The van der Waals surface area contributed by atoms with E-state index in [1.54, 1.807) is 31.2 Å². The van der Waals surface area contributed by atoms with Crippen LogP contribution in [0, 0.1) is 6.92 Å². The lowest BCUT2D eigenvalue weighted by Crippen LogP contribution is -2.21. The number of furan rings is 1. The number of carbonyl (C=O) groups excluding carboxylic acids is 3.